The molecule has 4 rings (SSSR count). The van der Waals surface area contributed by atoms with Crippen LogP contribution >= 0.6 is 12.6 Å². The van der Waals surface area contributed by atoms with Crippen LogP contribution in [0.25, 0.3) is 11.3 Å². The van der Waals surface area contributed by atoms with Crippen molar-refractivity contribution >= 4 is 12.6 Å². The zero-order valence-electron chi connectivity index (χ0n) is 19.8. The minimum absolute atomic E-state index is 0.0733. The highest BCUT2D eigenvalue weighted by Gasteiger charge is 2.18. The van der Waals surface area contributed by atoms with Gasteiger partial charge in [0.05, 0.1) is 38.2 Å². The van der Waals surface area contributed by atoms with Crippen molar-refractivity contribution in [2.75, 3.05) is 32.7 Å². The third kappa shape index (κ3) is 6.65. The smallest absolute Gasteiger partial charge is 0.161 e. The van der Waals surface area contributed by atoms with Gasteiger partial charge in [-0.2, -0.15) is 17.9 Å². The Morgan fingerprint density at radius 1 is 1.09 bits per heavy atom. The molecule has 0 saturated carbocycles. The van der Waals surface area contributed by atoms with Gasteiger partial charge in [-0.25, -0.2) is 9.97 Å². The average Bonchev–Trinajstić information content (AvgIpc) is 2.90. The van der Waals surface area contributed by atoms with E-state index in [2.05, 4.69) is 23.7 Å². The van der Waals surface area contributed by atoms with Gasteiger partial charge in [0.15, 0.2) is 11.5 Å². The standard InChI is InChI=1S/C27H29N3O4S/c1-31-26-15-19(3-5-25(26)33-11-2-14-35)16-27-29-10-7-23(30-27)20-4-6-24(21(17-20)18-28)34-22-8-12-32-13-9-22/h3-7,10,15,17,22,35H,2,8-9,11-14,16H2,1H3. The number of aromatic nitrogens is 2. The van der Waals surface area contributed by atoms with E-state index in [0.29, 0.717) is 54.9 Å². The molecule has 2 aromatic carbocycles. The Morgan fingerprint density at radius 2 is 1.91 bits per heavy atom. The molecule has 0 bridgehead atoms. The third-order valence-corrected chi connectivity index (χ3v) is 6.03. The van der Waals surface area contributed by atoms with Gasteiger partial charge < -0.3 is 18.9 Å². The van der Waals surface area contributed by atoms with E-state index in [-0.39, 0.29) is 6.10 Å². The van der Waals surface area contributed by atoms with E-state index in [0.717, 1.165) is 41.8 Å². The quantitative estimate of drug-likeness (QED) is 0.320. The van der Waals surface area contributed by atoms with E-state index < -0.39 is 0 Å². The SMILES string of the molecule is COc1cc(Cc2nccc(-c3ccc(OC4CCOCC4)c(C#N)c3)n2)ccc1OCCCS. The Hall–Kier alpha value is -3.28. The zero-order chi connectivity index (χ0) is 24.5. The normalized spacial score (nSPS) is 13.7. The Labute approximate surface area is 211 Å². The summed E-state index contributed by atoms with van der Waals surface area (Å²) in [7, 11) is 1.63. The fourth-order valence-electron chi connectivity index (χ4n) is 3.87. The van der Waals surface area contributed by atoms with Crippen LogP contribution in [0.5, 0.6) is 17.2 Å². The highest BCUT2D eigenvalue weighted by Crippen LogP contribution is 2.30. The number of benzene rings is 2. The van der Waals surface area contributed by atoms with E-state index >= 15 is 0 Å². The van der Waals surface area contributed by atoms with Crippen LogP contribution in [0.1, 0.15) is 36.2 Å². The molecular formula is C27H29N3O4S. The zero-order valence-corrected chi connectivity index (χ0v) is 20.7. The molecule has 3 aromatic rings. The molecule has 0 aliphatic carbocycles. The number of nitrogens with zero attached hydrogens (tertiary/aromatic N) is 3. The predicted octanol–water partition coefficient (Wildman–Crippen LogP) is 4.87. The van der Waals surface area contributed by atoms with E-state index in [1.54, 1.807) is 13.3 Å². The van der Waals surface area contributed by atoms with Gasteiger partial charge in [-0.05, 0) is 54.1 Å². The summed E-state index contributed by atoms with van der Waals surface area (Å²) in [6.07, 6.45) is 4.87. The van der Waals surface area contributed by atoms with Gasteiger partial charge in [0.25, 0.3) is 0 Å². The summed E-state index contributed by atoms with van der Waals surface area (Å²) in [4.78, 5) is 9.18. The molecule has 0 amide bonds. The first-order valence-electron chi connectivity index (χ1n) is 11.7. The Balaban J connectivity index is 1.49. The molecule has 0 radical (unpaired) electrons. The van der Waals surface area contributed by atoms with Gasteiger partial charge in [0.2, 0.25) is 0 Å². The predicted molar refractivity (Wildman–Crippen MR) is 136 cm³/mol. The van der Waals surface area contributed by atoms with Gasteiger partial charge in [-0.15, -0.1) is 0 Å². The van der Waals surface area contributed by atoms with Gasteiger partial charge in [0.1, 0.15) is 23.7 Å². The largest absolute Gasteiger partial charge is 0.493 e. The Morgan fingerprint density at radius 3 is 2.69 bits per heavy atom. The topological polar surface area (TPSA) is 86.5 Å². The first-order valence-corrected chi connectivity index (χ1v) is 12.3. The van der Waals surface area contributed by atoms with Crippen LogP contribution in [-0.4, -0.2) is 48.8 Å². The highest BCUT2D eigenvalue weighted by atomic mass is 32.1. The summed E-state index contributed by atoms with van der Waals surface area (Å²) in [5.41, 5.74) is 3.10. The summed E-state index contributed by atoms with van der Waals surface area (Å²) in [6, 6.07) is 15.6. The number of hydrogen-bond donors (Lipinski definition) is 1. The van der Waals surface area contributed by atoms with Crippen LogP contribution in [0.15, 0.2) is 48.7 Å². The van der Waals surface area contributed by atoms with E-state index in [4.69, 9.17) is 23.9 Å². The summed E-state index contributed by atoms with van der Waals surface area (Å²) in [5, 5.41) is 9.70. The number of methoxy groups -OCH3 is 1. The van der Waals surface area contributed by atoms with Crippen LogP contribution in [0.4, 0.5) is 0 Å². The van der Waals surface area contributed by atoms with Crippen molar-refractivity contribution in [3.05, 3.63) is 65.6 Å². The van der Waals surface area contributed by atoms with Gasteiger partial charge in [0, 0.05) is 31.0 Å². The fraction of sp³-hybridized carbons (Fsp3) is 0.370. The second-order valence-corrected chi connectivity index (χ2v) is 8.65. The number of rotatable bonds is 10. The molecule has 1 saturated heterocycles. The molecule has 7 nitrogen and oxygen atoms in total. The lowest BCUT2D eigenvalue weighted by molar-refractivity contribution is 0.0254. The fourth-order valence-corrected chi connectivity index (χ4v) is 4.00. The maximum atomic E-state index is 9.70. The molecular weight excluding hydrogens is 462 g/mol. The van der Waals surface area contributed by atoms with Crippen LogP contribution in [0.2, 0.25) is 0 Å². The van der Waals surface area contributed by atoms with Gasteiger partial charge in [-0.1, -0.05) is 6.07 Å². The van der Waals surface area contributed by atoms with Crippen LogP contribution in [0.3, 0.4) is 0 Å². The van der Waals surface area contributed by atoms with Crippen molar-refractivity contribution in [3.8, 4) is 34.6 Å². The molecule has 0 unspecified atom stereocenters. The molecule has 8 heteroatoms. The van der Waals surface area contributed by atoms with E-state index in [1.165, 1.54) is 0 Å². The second kappa shape index (κ2) is 12.4. The van der Waals surface area contributed by atoms with Gasteiger partial charge >= 0.3 is 0 Å². The summed E-state index contributed by atoms with van der Waals surface area (Å²) < 4.78 is 22.7. The maximum Gasteiger partial charge on any atom is 0.161 e. The monoisotopic (exact) mass is 491 g/mol. The minimum Gasteiger partial charge on any atom is -0.493 e. The molecule has 0 spiro atoms. The van der Waals surface area contributed by atoms with Crippen LogP contribution in [0, 0.1) is 11.3 Å². The first-order chi connectivity index (χ1) is 17.2. The van der Waals surface area contributed by atoms with Crippen molar-refractivity contribution in [2.24, 2.45) is 0 Å². The molecule has 1 fully saturated rings. The number of ether oxygens (including phenoxy) is 4. The lowest BCUT2D eigenvalue weighted by Crippen LogP contribution is -2.26. The number of nitriles is 1. The number of hydrogen-bond acceptors (Lipinski definition) is 8. The van der Waals surface area contributed by atoms with Crippen LogP contribution in [-0.2, 0) is 11.2 Å². The molecule has 182 valence electrons. The third-order valence-electron chi connectivity index (χ3n) is 5.71. The minimum atomic E-state index is 0.0733. The first kappa shape index (κ1) is 24.8. The van der Waals surface area contributed by atoms with Crippen LogP contribution < -0.4 is 14.2 Å². The second-order valence-electron chi connectivity index (χ2n) is 8.20. The molecule has 1 aliphatic heterocycles. The molecule has 1 aromatic heterocycles. The molecule has 35 heavy (non-hydrogen) atoms. The van der Waals surface area contributed by atoms with Crippen molar-refractivity contribution < 1.29 is 18.9 Å². The lowest BCUT2D eigenvalue weighted by atomic mass is 10.1. The summed E-state index contributed by atoms with van der Waals surface area (Å²) >= 11 is 4.21. The summed E-state index contributed by atoms with van der Waals surface area (Å²) in [5.74, 6) is 3.43. The highest BCUT2D eigenvalue weighted by molar-refractivity contribution is 7.80. The van der Waals surface area contributed by atoms with Gasteiger partial charge in [-0.3, -0.25) is 0 Å². The Bertz CT molecular complexity index is 1180. The molecule has 2 heterocycles. The molecule has 0 N–H and O–H groups in total. The van der Waals surface area contributed by atoms with Crippen molar-refractivity contribution in [2.45, 2.75) is 31.8 Å². The molecule has 1 aliphatic rings. The van der Waals surface area contributed by atoms with E-state index in [1.807, 2.05) is 42.5 Å². The van der Waals surface area contributed by atoms with Crippen molar-refractivity contribution in [1.82, 2.24) is 9.97 Å². The maximum absolute atomic E-state index is 9.70. The number of thiol groups is 1. The average molecular weight is 492 g/mol. The van der Waals surface area contributed by atoms with Crippen molar-refractivity contribution in [3.63, 3.8) is 0 Å². The van der Waals surface area contributed by atoms with Crippen molar-refractivity contribution in [1.29, 1.82) is 5.26 Å². The summed E-state index contributed by atoms with van der Waals surface area (Å²) in [6.45, 7) is 1.96. The van der Waals surface area contributed by atoms with E-state index in [9.17, 15) is 5.26 Å². The molecule has 0 atom stereocenters. The Kier molecular flexibility index (Phi) is 8.82. The lowest BCUT2D eigenvalue weighted by Gasteiger charge is -2.23.